The molecule has 0 radical (unpaired) electrons. The van der Waals surface area contributed by atoms with Crippen molar-refractivity contribution in [1.29, 1.82) is 0 Å². The van der Waals surface area contributed by atoms with Gasteiger partial charge >= 0.3 is 18.5 Å². The lowest BCUT2D eigenvalue weighted by Crippen LogP contribution is -2.42. The Balaban J connectivity index is 4.63. The van der Waals surface area contributed by atoms with E-state index in [9.17, 15) is 14.4 Å². The van der Waals surface area contributed by atoms with Crippen molar-refractivity contribution in [2.24, 2.45) is 5.41 Å². The molecule has 0 bridgehead atoms. The van der Waals surface area contributed by atoms with Crippen molar-refractivity contribution in [2.75, 3.05) is 26.4 Å². The van der Waals surface area contributed by atoms with Crippen LogP contribution in [0.4, 0.5) is 14.4 Å². The van der Waals surface area contributed by atoms with E-state index >= 15 is 0 Å². The molecule has 104 valence electrons. The normalized spacial score (nSPS) is 10.5. The van der Waals surface area contributed by atoms with Crippen LogP contribution in [0.1, 0.15) is 0 Å². The Morgan fingerprint density at radius 3 is 1.22 bits per heavy atom. The topological polar surface area (TPSA) is 160 Å². The highest BCUT2D eigenvalue weighted by Crippen LogP contribution is 2.19. The summed E-state index contributed by atoms with van der Waals surface area (Å²) in [5, 5.41) is 34.0. The molecular formula is C8H12O10. The number of carboxylic acid groups (broad SMARTS) is 3. The quantitative estimate of drug-likeness (QED) is 0.366. The Bertz CT molecular complexity index is 265. The fraction of sp³-hybridized carbons (Fsp3) is 0.625. The van der Waals surface area contributed by atoms with Gasteiger partial charge in [-0.1, -0.05) is 0 Å². The first-order chi connectivity index (χ1) is 8.31. The van der Waals surface area contributed by atoms with Crippen molar-refractivity contribution in [2.45, 2.75) is 0 Å². The summed E-state index contributed by atoms with van der Waals surface area (Å²) in [5.74, 6) is 0. The number of aliphatic hydroxyl groups is 1. The first-order valence-electron chi connectivity index (χ1n) is 4.49. The van der Waals surface area contributed by atoms with Crippen molar-refractivity contribution in [3.05, 3.63) is 0 Å². The molecule has 0 amide bonds. The number of ether oxygens (including phenoxy) is 3. The number of aliphatic hydroxyl groups excluding tert-OH is 1. The van der Waals surface area contributed by atoms with Gasteiger partial charge in [-0.2, -0.15) is 0 Å². The van der Waals surface area contributed by atoms with E-state index in [2.05, 4.69) is 14.2 Å². The van der Waals surface area contributed by atoms with Gasteiger partial charge in [-0.05, 0) is 0 Å². The van der Waals surface area contributed by atoms with Crippen LogP contribution in [0.25, 0.3) is 0 Å². The SMILES string of the molecule is O=C(O)OCC(CO)(COC(=O)O)COC(=O)O. The van der Waals surface area contributed by atoms with Crippen LogP contribution in [0.2, 0.25) is 0 Å². The van der Waals surface area contributed by atoms with Gasteiger partial charge < -0.3 is 34.6 Å². The van der Waals surface area contributed by atoms with Gasteiger partial charge in [-0.3, -0.25) is 0 Å². The van der Waals surface area contributed by atoms with E-state index in [1.807, 2.05) is 0 Å². The van der Waals surface area contributed by atoms with Crippen LogP contribution in [0, 0.1) is 5.41 Å². The van der Waals surface area contributed by atoms with Gasteiger partial charge in [0.2, 0.25) is 0 Å². The Morgan fingerprint density at radius 1 is 0.778 bits per heavy atom. The van der Waals surface area contributed by atoms with E-state index in [0.29, 0.717) is 0 Å². The fourth-order valence-electron chi connectivity index (χ4n) is 0.906. The minimum Gasteiger partial charge on any atom is -0.450 e. The molecule has 0 aliphatic carbocycles. The van der Waals surface area contributed by atoms with E-state index < -0.39 is 50.3 Å². The van der Waals surface area contributed by atoms with Crippen molar-refractivity contribution < 1.29 is 49.0 Å². The van der Waals surface area contributed by atoms with Crippen LogP contribution in [-0.2, 0) is 14.2 Å². The Hall–Kier alpha value is -2.23. The molecule has 0 rings (SSSR count). The molecule has 0 unspecified atom stereocenters. The van der Waals surface area contributed by atoms with Gasteiger partial charge in [0, 0.05) is 0 Å². The summed E-state index contributed by atoms with van der Waals surface area (Å²) in [5.41, 5.74) is -1.62. The molecule has 0 heterocycles. The Morgan fingerprint density at radius 2 is 1.06 bits per heavy atom. The lowest BCUT2D eigenvalue weighted by molar-refractivity contribution is -0.0641. The smallest absolute Gasteiger partial charge is 0.450 e. The van der Waals surface area contributed by atoms with Crippen molar-refractivity contribution in [3.63, 3.8) is 0 Å². The zero-order valence-electron chi connectivity index (χ0n) is 9.07. The van der Waals surface area contributed by atoms with Crippen molar-refractivity contribution in [3.8, 4) is 0 Å². The average Bonchev–Trinajstić information content (AvgIpc) is 2.28. The number of hydrogen-bond donors (Lipinski definition) is 4. The van der Waals surface area contributed by atoms with E-state index in [-0.39, 0.29) is 0 Å². The van der Waals surface area contributed by atoms with E-state index in [0.717, 1.165) is 0 Å². The third-order valence-corrected chi connectivity index (χ3v) is 1.84. The van der Waals surface area contributed by atoms with Gasteiger partial charge in [0.1, 0.15) is 19.8 Å². The average molecular weight is 268 g/mol. The predicted molar refractivity (Wildman–Crippen MR) is 51.4 cm³/mol. The lowest BCUT2D eigenvalue weighted by atomic mass is 9.92. The number of hydrogen-bond acceptors (Lipinski definition) is 7. The molecule has 0 atom stereocenters. The number of rotatable bonds is 7. The van der Waals surface area contributed by atoms with Gasteiger partial charge in [0.25, 0.3) is 0 Å². The van der Waals surface area contributed by atoms with E-state index in [1.54, 1.807) is 0 Å². The summed E-state index contributed by atoms with van der Waals surface area (Å²) in [7, 11) is 0. The molecule has 0 aliphatic heterocycles. The molecule has 0 spiro atoms. The minimum absolute atomic E-state index is 0.681. The first-order valence-corrected chi connectivity index (χ1v) is 4.49. The van der Waals surface area contributed by atoms with Crippen molar-refractivity contribution >= 4 is 18.5 Å². The molecule has 0 aromatic carbocycles. The van der Waals surface area contributed by atoms with Crippen LogP contribution in [-0.4, -0.2) is 65.3 Å². The molecule has 0 saturated heterocycles. The summed E-state index contributed by atoms with van der Waals surface area (Å²) in [6.45, 7) is -2.83. The van der Waals surface area contributed by atoms with Gasteiger partial charge in [0.05, 0.1) is 12.0 Å². The summed E-state index contributed by atoms with van der Waals surface area (Å²) in [6, 6.07) is 0. The second-order valence-corrected chi connectivity index (χ2v) is 3.32. The van der Waals surface area contributed by atoms with E-state index in [1.165, 1.54) is 0 Å². The van der Waals surface area contributed by atoms with Gasteiger partial charge in [-0.25, -0.2) is 14.4 Å². The highest BCUT2D eigenvalue weighted by Gasteiger charge is 2.35. The molecule has 0 aromatic rings. The second-order valence-electron chi connectivity index (χ2n) is 3.32. The van der Waals surface area contributed by atoms with Gasteiger partial charge in [-0.15, -0.1) is 0 Å². The van der Waals surface area contributed by atoms with Crippen LogP contribution in [0.5, 0.6) is 0 Å². The summed E-state index contributed by atoms with van der Waals surface area (Å²) in [6.07, 6.45) is -5.00. The molecular weight excluding hydrogens is 256 g/mol. The Labute approximate surface area is 100 Å². The molecule has 0 aliphatic rings. The maximum absolute atomic E-state index is 10.2. The molecule has 0 aromatic heterocycles. The molecule has 10 heteroatoms. The largest absolute Gasteiger partial charge is 0.505 e. The summed E-state index contributed by atoms with van der Waals surface area (Å²) < 4.78 is 12.5. The second kappa shape index (κ2) is 7.17. The van der Waals surface area contributed by atoms with Gasteiger partial charge in [0.15, 0.2) is 0 Å². The van der Waals surface area contributed by atoms with Crippen LogP contribution < -0.4 is 0 Å². The standard InChI is InChI=1S/C8H12O10/c9-1-8(2-16-5(10)11,3-17-6(12)13)4-18-7(14)15/h9H,1-4H2,(H,10,11)(H,12,13)(H,14,15). The maximum Gasteiger partial charge on any atom is 0.505 e. The summed E-state index contributed by atoms with van der Waals surface area (Å²) >= 11 is 0. The minimum atomic E-state index is -1.67. The maximum atomic E-state index is 10.2. The monoisotopic (exact) mass is 268 g/mol. The molecule has 4 N–H and O–H groups in total. The molecule has 0 saturated carbocycles. The highest BCUT2D eigenvalue weighted by atomic mass is 16.7. The molecule has 18 heavy (non-hydrogen) atoms. The molecule has 0 fully saturated rings. The highest BCUT2D eigenvalue weighted by molar-refractivity contribution is 5.58. The van der Waals surface area contributed by atoms with Crippen molar-refractivity contribution in [1.82, 2.24) is 0 Å². The molecule has 10 nitrogen and oxygen atoms in total. The summed E-state index contributed by atoms with van der Waals surface area (Å²) in [4.78, 5) is 30.7. The lowest BCUT2D eigenvalue weighted by Gasteiger charge is -2.28. The zero-order chi connectivity index (χ0) is 14.2. The van der Waals surface area contributed by atoms with Crippen LogP contribution >= 0.6 is 0 Å². The number of carbonyl (C=O) groups is 3. The first kappa shape index (κ1) is 15.8. The third-order valence-electron chi connectivity index (χ3n) is 1.84. The van der Waals surface area contributed by atoms with Crippen LogP contribution in [0.3, 0.4) is 0 Å². The zero-order valence-corrected chi connectivity index (χ0v) is 9.07. The van der Waals surface area contributed by atoms with Crippen LogP contribution in [0.15, 0.2) is 0 Å². The predicted octanol–water partition coefficient (Wildman–Crippen LogP) is 0.0489. The van der Waals surface area contributed by atoms with E-state index in [4.69, 9.17) is 20.4 Å². The Kier molecular flexibility index (Phi) is 6.28. The third kappa shape index (κ3) is 6.37. The fourth-order valence-corrected chi connectivity index (χ4v) is 0.906.